The predicted molar refractivity (Wildman–Crippen MR) is 88.3 cm³/mol. The largest absolute Gasteiger partial charge is 0.324 e. The van der Waals surface area contributed by atoms with E-state index in [2.05, 4.69) is 55.2 Å². The number of pyridine rings is 1. The van der Waals surface area contributed by atoms with Gasteiger partial charge < -0.3 is 5.73 Å². The first-order chi connectivity index (χ1) is 10.1. The average molecular weight is 276 g/mol. The quantitative estimate of drug-likeness (QED) is 0.782. The first-order valence-corrected chi connectivity index (χ1v) is 7.30. The molecule has 1 aromatic heterocycles. The van der Waals surface area contributed by atoms with Gasteiger partial charge in [0.25, 0.3) is 0 Å². The molecule has 1 heterocycles. The summed E-state index contributed by atoms with van der Waals surface area (Å²) >= 11 is 0. The lowest BCUT2D eigenvalue weighted by molar-refractivity contribution is 0.719. The van der Waals surface area contributed by atoms with Gasteiger partial charge in [-0.3, -0.25) is 4.98 Å². The smallest absolute Gasteiger partial charge is 0.0702 e. The van der Waals surface area contributed by atoms with Crippen molar-refractivity contribution < 1.29 is 0 Å². The average Bonchev–Trinajstić information content (AvgIpc) is 2.50. The van der Waals surface area contributed by atoms with Crippen molar-refractivity contribution in [2.45, 2.75) is 26.3 Å². The number of hydrogen-bond donors (Lipinski definition) is 1. The highest BCUT2D eigenvalue weighted by Crippen LogP contribution is 2.22. The Kier molecular flexibility index (Phi) is 3.72. The molecule has 21 heavy (non-hydrogen) atoms. The van der Waals surface area contributed by atoms with Gasteiger partial charge in [0.05, 0.1) is 5.52 Å². The fourth-order valence-corrected chi connectivity index (χ4v) is 2.70. The highest BCUT2D eigenvalue weighted by Gasteiger charge is 2.10. The Hall–Kier alpha value is -2.19. The van der Waals surface area contributed by atoms with Crippen molar-refractivity contribution >= 4 is 10.9 Å². The zero-order chi connectivity index (χ0) is 14.8. The molecule has 0 spiro atoms. The number of nitrogens with two attached hydrogens (primary N) is 1. The van der Waals surface area contributed by atoms with Crippen molar-refractivity contribution in [1.29, 1.82) is 0 Å². The number of hydrogen-bond acceptors (Lipinski definition) is 2. The van der Waals surface area contributed by atoms with E-state index in [1.54, 1.807) is 0 Å². The normalized spacial score (nSPS) is 12.5. The molecule has 2 N–H and O–H groups in total. The standard InChI is InChI=1S/C19H20N2/c1-13-5-6-14(2)17(10-13)12-18(20)15-7-8-19-16(11-15)4-3-9-21-19/h3-11,18H,12,20H2,1-2H3. The zero-order valence-electron chi connectivity index (χ0n) is 12.5. The molecule has 2 aromatic carbocycles. The van der Waals surface area contributed by atoms with Crippen LogP contribution in [0.3, 0.4) is 0 Å². The molecule has 0 radical (unpaired) electrons. The third-order valence-electron chi connectivity index (χ3n) is 4.00. The molecule has 3 rings (SSSR count). The molecule has 0 aliphatic rings. The highest BCUT2D eigenvalue weighted by molar-refractivity contribution is 5.79. The molecular formula is C19H20N2. The maximum atomic E-state index is 6.42. The minimum Gasteiger partial charge on any atom is -0.324 e. The molecule has 106 valence electrons. The van der Waals surface area contributed by atoms with Crippen LogP contribution in [0.15, 0.2) is 54.7 Å². The number of aromatic nitrogens is 1. The fourth-order valence-electron chi connectivity index (χ4n) is 2.70. The first-order valence-electron chi connectivity index (χ1n) is 7.30. The van der Waals surface area contributed by atoms with E-state index in [-0.39, 0.29) is 6.04 Å². The van der Waals surface area contributed by atoms with Crippen molar-refractivity contribution in [1.82, 2.24) is 4.98 Å². The molecule has 3 aromatic rings. The van der Waals surface area contributed by atoms with Gasteiger partial charge in [0, 0.05) is 17.6 Å². The van der Waals surface area contributed by atoms with Gasteiger partial charge in [0.2, 0.25) is 0 Å². The minimum absolute atomic E-state index is 0.00936. The summed E-state index contributed by atoms with van der Waals surface area (Å²) in [6, 6.07) is 16.9. The minimum atomic E-state index is 0.00936. The van der Waals surface area contributed by atoms with Crippen molar-refractivity contribution in [3.05, 3.63) is 77.0 Å². The third-order valence-corrected chi connectivity index (χ3v) is 4.00. The van der Waals surface area contributed by atoms with Crippen LogP contribution in [0.1, 0.15) is 28.3 Å². The van der Waals surface area contributed by atoms with Gasteiger partial charge in [-0.15, -0.1) is 0 Å². The number of nitrogens with zero attached hydrogens (tertiary/aromatic N) is 1. The monoisotopic (exact) mass is 276 g/mol. The molecule has 0 aliphatic heterocycles. The van der Waals surface area contributed by atoms with Crippen LogP contribution in [0.5, 0.6) is 0 Å². The first kappa shape index (κ1) is 13.8. The van der Waals surface area contributed by atoms with Crippen LogP contribution in [0.4, 0.5) is 0 Å². The summed E-state index contributed by atoms with van der Waals surface area (Å²) in [6.07, 6.45) is 2.68. The fraction of sp³-hybridized carbons (Fsp3) is 0.211. The molecular weight excluding hydrogens is 256 g/mol. The van der Waals surface area contributed by atoms with Gasteiger partial charge in [-0.1, -0.05) is 35.9 Å². The summed E-state index contributed by atoms with van der Waals surface area (Å²) in [6.45, 7) is 4.27. The molecule has 0 aliphatic carbocycles. The molecule has 2 nitrogen and oxygen atoms in total. The van der Waals surface area contributed by atoms with Crippen molar-refractivity contribution in [2.24, 2.45) is 5.73 Å². The molecule has 0 saturated heterocycles. The van der Waals surface area contributed by atoms with Crippen molar-refractivity contribution in [3.63, 3.8) is 0 Å². The predicted octanol–water partition coefficient (Wildman–Crippen LogP) is 4.09. The Morgan fingerprint density at radius 1 is 1.05 bits per heavy atom. The molecule has 2 heteroatoms. The number of benzene rings is 2. The molecule has 0 fully saturated rings. The lowest BCUT2D eigenvalue weighted by Crippen LogP contribution is -2.14. The van der Waals surface area contributed by atoms with Crippen LogP contribution in [-0.2, 0) is 6.42 Å². The summed E-state index contributed by atoms with van der Waals surface area (Å²) in [5, 5.41) is 1.14. The second-order valence-electron chi connectivity index (χ2n) is 5.70. The summed E-state index contributed by atoms with van der Waals surface area (Å²) in [4.78, 5) is 4.35. The highest BCUT2D eigenvalue weighted by atomic mass is 14.7. The van der Waals surface area contributed by atoms with Gasteiger partial charge in [0.1, 0.15) is 0 Å². The molecule has 1 unspecified atom stereocenters. The Balaban J connectivity index is 1.89. The topological polar surface area (TPSA) is 38.9 Å². The summed E-state index contributed by atoms with van der Waals surface area (Å²) in [5.74, 6) is 0. The molecule has 0 amide bonds. The molecule has 1 atom stereocenters. The van der Waals surface area contributed by atoms with E-state index < -0.39 is 0 Å². The zero-order valence-corrected chi connectivity index (χ0v) is 12.5. The summed E-state index contributed by atoms with van der Waals surface area (Å²) < 4.78 is 0. The Morgan fingerprint density at radius 2 is 1.90 bits per heavy atom. The van der Waals surface area contributed by atoms with Crippen LogP contribution >= 0.6 is 0 Å². The van der Waals surface area contributed by atoms with Gasteiger partial charge in [-0.25, -0.2) is 0 Å². The Morgan fingerprint density at radius 3 is 2.76 bits per heavy atom. The lowest BCUT2D eigenvalue weighted by atomic mass is 9.95. The third kappa shape index (κ3) is 2.96. The summed E-state index contributed by atoms with van der Waals surface area (Å²) in [7, 11) is 0. The number of rotatable bonds is 3. The van der Waals surface area contributed by atoms with E-state index in [1.807, 2.05) is 18.3 Å². The summed E-state index contributed by atoms with van der Waals surface area (Å²) in [5.41, 5.74) is 12.5. The van der Waals surface area contributed by atoms with E-state index >= 15 is 0 Å². The second-order valence-corrected chi connectivity index (χ2v) is 5.70. The lowest BCUT2D eigenvalue weighted by Gasteiger charge is -2.15. The van der Waals surface area contributed by atoms with E-state index in [9.17, 15) is 0 Å². The molecule has 0 saturated carbocycles. The van der Waals surface area contributed by atoms with Crippen LogP contribution in [-0.4, -0.2) is 4.98 Å². The van der Waals surface area contributed by atoms with Gasteiger partial charge in [0.15, 0.2) is 0 Å². The second kappa shape index (κ2) is 5.66. The Labute approximate surface area is 125 Å². The SMILES string of the molecule is Cc1ccc(C)c(CC(N)c2ccc3ncccc3c2)c1. The van der Waals surface area contributed by atoms with Crippen molar-refractivity contribution in [2.75, 3.05) is 0 Å². The number of aryl methyl sites for hydroxylation is 2. The van der Waals surface area contributed by atoms with Crippen LogP contribution in [0.2, 0.25) is 0 Å². The maximum absolute atomic E-state index is 6.42. The number of fused-ring (bicyclic) bond motifs is 1. The van der Waals surface area contributed by atoms with Gasteiger partial charge >= 0.3 is 0 Å². The Bertz CT molecular complexity index is 777. The van der Waals surface area contributed by atoms with Gasteiger partial charge in [-0.05, 0) is 55.2 Å². The van der Waals surface area contributed by atoms with Gasteiger partial charge in [-0.2, -0.15) is 0 Å². The van der Waals surface area contributed by atoms with E-state index in [4.69, 9.17) is 5.73 Å². The van der Waals surface area contributed by atoms with Crippen LogP contribution in [0, 0.1) is 13.8 Å². The van der Waals surface area contributed by atoms with E-state index in [1.165, 1.54) is 16.7 Å². The van der Waals surface area contributed by atoms with E-state index in [0.29, 0.717) is 0 Å². The van der Waals surface area contributed by atoms with Crippen molar-refractivity contribution in [3.8, 4) is 0 Å². The van der Waals surface area contributed by atoms with E-state index in [0.717, 1.165) is 22.9 Å². The van der Waals surface area contributed by atoms with Crippen LogP contribution in [0.25, 0.3) is 10.9 Å². The molecule has 0 bridgehead atoms. The maximum Gasteiger partial charge on any atom is 0.0702 e. The van der Waals surface area contributed by atoms with Crippen LogP contribution < -0.4 is 5.73 Å².